The van der Waals surface area contributed by atoms with Gasteiger partial charge in [-0.25, -0.2) is 0 Å². The van der Waals surface area contributed by atoms with Crippen molar-refractivity contribution in [3.05, 3.63) is 29.8 Å². The number of ether oxygens (including phenoxy) is 1. The van der Waals surface area contributed by atoms with Crippen LogP contribution in [0.25, 0.3) is 0 Å². The minimum atomic E-state index is -0.0563. The van der Waals surface area contributed by atoms with E-state index in [4.69, 9.17) is 10.5 Å². The molecule has 0 radical (unpaired) electrons. The Labute approximate surface area is 94.8 Å². The van der Waals surface area contributed by atoms with Gasteiger partial charge in [0.15, 0.2) is 0 Å². The lowest BCUT2D eigenvalue weighted by Crippen LogP contribution is -2.38. The number of carbonyl (C=O) groups is 1. The minimum absolute atomic E-state index is 0.0563. The van der Waals surface area contributed by atoms with Crippen molar-refractivity contribution in [2.24, 2.45) is 0 Å². The smallest absolute Gasteiger partial charge is 0.251 e. The molecule has 1 aliphatic rings. The molecule has 1 heterocycles. The summed E-state index contributed by atoms with van der Waals surface area (Å²) in [6.45, 7) is 1.45. The Bertz CT molecular complexity index is 373. The Morgan fingerprint density at radius 2 is 2.12 bits per heavy atom. The third-order valence-electron chi connectivity index (χ3n) is 2.71. The molecule has 0 spiro atoms. The van der Waals surface area contributed by atoms with Gasteiger partial charge in [-0.1, -0.05) is 6.07 Å². The lowest BCUT2D eigenvalue weighted by molar-refractivity contribution is 0.0696. The molecule has 4 nitrogen and oxygen atoms in total. The molecule has 0 bridgehead atoms. The van der Waals surface area contributed by atoms with Crippen LogP contribution in [0.3, 0.4) is 0 Å². The first-order chi connectivity index (χ1) is 7.75. The van der Waals surface area contributed by atoms with Crippen LogP contribution >= 0.6 is 0 Å². The van der Waals surface area contributed by atoms with Gasteiger partial charge in [0.05, 0.1) is 0 Å². The van der Waals surface area contributed by atoms with E-state index in [1.54, 1.807) is 24.3 Å². The zero-order chi connectivity index (χ0) is 11.4. The first kappa shape index (κ1) is 11.0. The van der Waals surface area contributed by atoms with Gasteiger partial charge < -0.3 is 15.8 Å². The Morgan fingerprint density at radius 3 is 2.81 bits per heavy atom. The molecular formula is C12H16N2O2. The molecule has 0 aromatic heterocycles. The van der Waals surface area contributed by atoms with Crippen LogP contribution in [-0.2, 0) is 4.74 Å². The van der Waals surface area contributed by atoms with Crippen LogP contribution in [0, 0.1) is 0 Å². The lowest BCUT2D eigenvalue weighted by Gasteiger charge is -2.23. The Morgan fingerprint density at radius 1 is 1.38 bits per heavy atom. The largest absolute Gasteiger partial charge is 0.399 e. The van der Waals surface area contributed by atoms with E-state index >= 15 is 0 Å². The van der Waals surface area contributed by atoms with Crippen LogP contribution in [0.2, 0.25) is 0 Å². The van der Waals surface area contributed by atoms with Crippen molar-refractivity contribution in [2.75, 3.05) is 18.9 Å². The van der Waals surface area contributed by atoms with E-state index in [1.165, 1.54) is 0 Å². The van der Waals surface area contributed by atoms with E-state index < -0.39 is 0 Å². The third-order valence-corrected chi connectivity index (χ3v) is 2.71. The maximum absolute atomic E-state index is 11.9. The van der Waals surface area contributed by atoms with Crippen molar-refractivity contribution < 1.29 is 9.53 Å². The zero-order valence-corrected chi connectivity index (χ0v) is 9.11. The summed E-state index contributed by atoms with van der Waals surface area (Å²) >= 11 is 0. The number of rotatable bonds is 2. The summed E-state index contributed by atoms with van der Waals surface area (Å²) in [5.74, 6) is -0.0563. The lowest BCUT2D eigenvalue weighted by atomic mass is 10.1. The second kappa shape index (κ2) is 4.99. The minimum Gasteiger partial charge on any atom is -0.399 e. The van der Waals surface area contributed by atoms with Gasteiger partial charge in [0, 0.05) is 30.5 Å². The molecule has 0 aliphatic carbocycles. The van der Waals surface area contributed by atoms with Crippen LogP contribution in [0.1, 0.15) is 23.2 Å². The molecule has 1 aromatic rings. The number of amides is 1. The molecule has 86 valence electrons. The van der Waals surface area contributed by atoms with Crippen LogP contribution in [-0.4, -0.2) is 25.2 Å². The molecule has 3 N–H and O–H groups in total. The average Bonchev–Trinajstić information content (AvgIpc) is 2.30. The summed E-state index contributed by atoms with van der Waals surface area (Å²) < 4.78 is 5.23. The van der Waals surface area contributed by atoms with Crippen LogP contribution in [0.15, 0.2) is 24.3 Å². The highest BCUT2D eigenvalue weighted by molar-refractivity contribution is 5.95. The van der Waals surface area contributed by atoms with E-state index in [0.29, 0.717) is 11.3 Å². The number of anilines is 1. The van der Waals surface area contributed by atoms with Gasteiger partial charge in [0.2, 0.25) is 0 Å². The van der Waals surface area contributed by atoms with Crippen molar-refractivity contribution in [3.8, 4) is 0 Å². The fraction of sp³-hybridized carbons (Fsp3) is 0.417. The average molecular weight is 220 g/mol. The number of nitrogens with one attached hydrogen (secondary N) is 1. The van der Waals surface area contributed by atoms with E-state index in [9.17, 15) is 4.79 Å². The second-order valence-electron chi connectivity index (χ2n) is 3.99. The van der Waals surface area contributed by atoms with Gasteiger partial charge >= 0.3 is 0 Å². The summed E-state index contributed by atoms with van der Waals surface area (Å²) in [7, 11) is 0. The van der Waals surface area contributed by atoms with Gasteiger partial charge in [-0.05, 0) is 31.0 Å². The van der Waals surface area contributed by atoms with Crippen molar-refractivity contribution in [3.63, 3.8) is 0 Å². The normalized spacial score (nSPS) is 17.0. The van der Waals surface area contributed by atoms with Crippen molar-refractivity contribution in [1.29, 1.82) is 0 Å². The summed E-state index contributed by atoms with van der Waals surface area (Å²) in [6.07, 6.45) is 1.77. The molecule has 1 fully saturated rings. The van der Waals surface area contributed by atoms with Crippen LogP contribution in [0.5, 0.6) is 0 Å². The summed E-state index contributed by atoms with van der Waals surface area (Å²) in [5, 5.41) is 2.99. The van der Waals surface area contributed by atoms with E-state index in [1.807, 2.05) is 0 Å². The second-order valence-corrected chi connectivity index (χ2v) is 3.99. The molecule has 1 aromatic carbocycles. The molecule has 0 saturated carbocycles. The Hall–Kier alpha value is -1.55. The SMILES string of the molecule is Nc1cccc(C(=O)NC2CCOCC2)c1. The fourth-order valence-electron chi connectivity index (χ4n) is 1.79. The number of hydrogen-bond acceptors (Lipinski definition) is 3. The maximum atomic E-state index is 11.9. The van der Waals surface area contributed by atoms with E-state index in [0.717, 1.165) is 26.1 Å². The predicted octanol–water partition coefficient (Wildman–Crippen LogP) is 1.18. The molecule has 0 unspecified atom stereocenters. The van der Waals surface area contributed by atoms with Crippen molar-refractivity contribution in [2.45, 2.75) is 18.9 Å². The highest BCUT2D eigenvalue weighted by Crippen LogP contribution is 2.10. The van der Waals surface area contributed by atoms with Gasteiger partial charge in [0.25, 0.3) is 5.91 Å². The Kier molecular flexibility index (Phi) is 3.41. The van der Waals surface area contributed by atoms with Gasteiger partial charge in [-0.15, -0.1) is 0 Å². The quantitative estimate of drug-likeness (QED) is 0.735. The number of nitrogens with two attached hydrogens (primary N) is 1. The van der Waals surface area contributed by atoms with Gasteiger partial charge in [-0.2, -0.15) is 0 Å². The predicted molar refractivity (Wildman–Crippen MR) is 62.2 cm³/mol. The molecular weight excluding hydrogens is 204 g/mol. The first-order valence-electron chi connectivity index (χ1n) is 5.50. The topological polar surface area (TPSA) is 64.4 Å². The van der Waals surface area contributed by atoms with Crippen molar-refractivity contribution in [1.82, 2.24) is 5.32 Å². The Balaban J connectivity index is 1.97. The van der Waals surface area contributed by atoms with E-state index in [2.05, 4.69) is 5.32 Å². The summed E-state index contributed by atoms with van der Waals surface area (Å²) in [6, 6.07) is 7.24. The zero-order valence-electron chi connectivity index (χ0n) is 9.11. The number of benzene rings is 1. The van der Waals surface area contributed by atoms with Crippen LogP contribution in [0.4, 0.5) is 5.69 Å². The highest BCUT2D eigenvalue weighted by atomic mass is 16.5. The fourth-order valence-corrected chi connectivity index (χ4v) is 1.79. The van der Waals surface area contributed by atoms with Crippen molar-refractivity contribution >= 4 is 11.6 Å². The standard InChI is InChI=1S/C12H16N2O2/c13-10-3-1-2-9(8-10)12(15)14-11-4-6-16-7-5-11/h1-3,8,11H,4-7,13H2,(H,14,15). The third kappa shape index (κ3) is 2.73. The highest BCUT2D eigenvalue weighted by Gasteiger charge is 2.16. The molecule has 4 heteroatoms. The number of hydrogen-bond donors (Lipinski definition) is 2. The van der Waals surface area contributed by atoms with E-state index in [-0.39, 0.29) is 11.9 Å². The molecule has 1 saturated heterocycles. The maximum Gasteiger partial charge on any atom is 0.251 e. The first-order valence-corrected chi connectivity index (χ1v) is 5.50. The molecule has 0 atom stereocenters. The molecule has 16 heavy (non-hydrogen) atoms. The molecule has 1 aliphatic heterocycles. The van der Waals surface area contributed by atoms with Crippen LogP contribution < -0.4 is 11.1 Å². The summed E-state index contributed by atoms with van der Waals surface area (Å²) in [4.78, 5) is 11.9. The molecule has 1 amide bonds. The number of nitrogen functional groups attached to an aromatic ring is 1. The summed E-state index contributed by atoms with van der Waals surface area (Å²) in [5.41, 5.74) is 6.86. The monoisotopic (exact) mass is 220 g/mol. The van der Waals surface area contributed by atoms with Gasteiger partial charge in [-0.3, -0.25) is 4.79 Å². The molecule has 2 rings (SSSR count). The number of carbonyl (C=O) groups excluding carboxylic acids is 1. The van der Waals surface area contributed by atoms with Gasteiger partial charge in [0.1, 0.15) is 0 Å².